The van der Waals surface area contributed by atoms with Crippen LogP contribution in [-0.4, -0.2) is 70.4 Å². The van der Waals surface area contributed by atoms with Crippen molar-refractivity contribution in [3.63, 3.8) is 0 Å². The quantitative estimate of drug-likeness (QED) is 0.0583. The first-order valence-electron chi connectivity index (χ1n) is 18.4. The van der Waals surface area contributed by atoms with Crippen molar-refractivity contribution < 1.29 is 19.0 Å². The highest BCUT2D eigenvalue weighted by atomic mass is 79.9. The van der Waals surface area contributed by atoms with Crippen LogP contribution in [0.25, 0.3) is 16.8 Å². The van der Waals surface area contributed by atoms with E-state index in [-0.39, 0.29) is 11.9 Å². The highest BCUT2D eigenvalue weighted by molar-refractivity contribution is 9.10. The molecule has 0 bridgehead atoms. The number of rotatable bonds is 18. The number of nitrogens with zero attached hydrogens (tertiary/aromatic N) is 4. The van der Waals surface area contributed by atoms with Gasteiger partial charge in [-0.1, -0.05) is 75.7 Å². The third kappa shape index (κ3) is 12.9. The minimum atomic E-state index is -1.28. The van der Waals surface area contributed by atoms with Crippen LogP contribution in [0.2, 0.25) is 51.4 Å². The fourth-order valence-corrected chi connectivity index (χ4v) is 8.31. The maximum absolute atomic E-state index is 12.3. The number of esters is 1. The van der Waals surface area contributed by atoms with E-state index in [1.807, 2.05) is 55.6 Å². The fourth-order valence-electron chi connectivity index (χ4n) is 6.05. The summed E-state index contributed by atoms with van der Waals surface area (Å²) >= 11 is 3.97. The fraction of sp³-hybridized carbons (Fsp3) is 0.538. The molecule has 1 saturated carbocycles. The second kappa shape index (κ2) is 19.3. The second-order valence-electron chi connectivity index (χ2n) is 15.9. The van der Waals surface area contributed by atoms with Crippen LogP contribution in [0.15, 0.2) is 59.3 Å². The Labute approximate surface area is 315 Å². The topological polar surface area (TPSA) is 113 Å². The molecule has 0 atom stereocenters. The van der Waals surface area contributed by atoms with Crippen LogP contribution in [0.4, 0.5) is 5.82 Å². The molecule has 1 aliphatic rings. The van der Waals surface area contributed by atoms with Crippen LogP contribution in [0.1, 0.15) is 62.0 Å². The third-order valence-corrected chi connectivity index (χ3v) is 13.4. The van der Waals surface area contributed by atoms with Crippen molar-refractivity contribution in [1.82, 2.24) is 15.0 Å². The van der Waals surface area contributed by atoms with E-state index in [0.29, 0.717) is 57.0 Å². The molecule has 0 spiro atoms. The van der Waals surface area contributed by atoms with E-state index >= 15 is 0 Å². The van der Waals surface area contributed by atoms with Gasteiger partial charge in [-0.2, -0.15) is 0 Å². The molecule has 4 rings (SSSR count). The maximum atomic E-state index is 12.3. The number of pyridine rings is 1. The zero-order chi connectivity index (χ0) is 37.0. The number of aromatic nitrogens is 3. The monoisotopic (exact) mass is 795 g/mol. The first kappa shape index (κ1) is 40.9. The van der Waals surface area contributed by atoms with E-state index in [9.17, 15) is 4.79 Å². The average molecular weight is 797 g/mol. The van der Waals surface area contributed by atoms with Crippen LogP contribution >= 0.6 is 15.9 Å². The number of hydrogen-bond acceptors (Lipinski definition) is 9. The van der Waals surface area contributed by atoms with Gasteiger partial charge in [0.25, 0.3) is 0 Å². The standard InChI is InChI=1S/C39H58BrN5O4Si2/c1-8-49-35(46)24-29-14-16-31(17-15-29)37-36(40)39(45(27-47-20-22-50(2,3)4)28-48-21-23-51(5,6)7)44-38(43-37)33(25-41)32-18-19-34(42-26-32)30-12-10-9-11-13-30/h9-13,18-19,25-26,29,31H,8,14-17,20-24,27-28,41H2,1-7H3. The molecule has 0 radical (unpaired) electrons. The van der Waals surface area contributed by atoms with E-state index in [1.54, 1.807) is 6.20 Å². The third-order valence-electron chi connectivity index (χ3n) is 9.19. The summed E-state index contributed by atoms with van der Waals surface area (Å²) in [7, 11) is -2.55. The number of hydrogen-bond donors (Lipinski definition) is 1. The predicted octanol–water partition coefficient (Wildman–Crippen LogP) is 9.31. The first-order chi connectivity index (χ1) is 24.3. The van der Waals surface area contributed by atoms with Crippen molar-refractivity contribution in [2.24, 2.45) is 11.7 Å². The maximum Gasteiger partial charge on any atom is 0.306 e. The van der Waals surface area contributed by atoms with Crippen LogP contribution in [0.5, 0.6) is 0 Å². The Morgan fingerprint density at radius 3 is 2.08 bits per heavy atom. The number of ether oxygens (including phenoxy) is 3. The molecular weight excluding hydrogens is 739 g/mol. The summed E-state index contributed by atoms with van der Waals surface area (Å²) in [6.07, 6.45) is 7.55. The lowest BCUT2D eigenvalue weighted by molar-refractivity contribution is -0.144. The van der Waals surface area contributed by atoms with Crippen LogP contribution in [0.3, 0.4) is 0 Å². The zero-order valence-electron chi connectivity index (χ0n) is 31.7. The molecule has 2 N–H and O–H groups in total. The van der Waals surface area contributed by atoms with Gasteiger partial charge < -0.3 is 24.8 Å². The lowest BCUT2D eigenvalue weighted by Crippen LogP contribution is -2.33. The molecule has 2 heterocycles. The Bertz CT molecular complexity index is 1550. The molecule has 278 valence electrons. The summed E-state index contributed by atoms with van der Waals surface area (Å²) in [6.45, 7) is 18.5. The predicted molar refractivity (Wildman–Crippen MR) is 217 cm³/mol. The minimum absolute atomic E-state index is 0.114. The van der Waals surface area contributed by atoms with Gasteiger partial charge in [-0.05, 0) is 72.6 Å². The molecule has 51 heavy (non-hydrogen) atoms. The highest BCUT2D eigenvalue weighted by Gasteiger charge is 2.30. The van der Waals surface area contributed by atoms with Gasteiger partial charge in [0, 0.05) is 70.8 Å². The van der Waals surface area contributed by atoms with E-state index in [0.717, 1.165) is 70.6 Å². The number of anilines is 1. The van der Waals surface area contributed by atoms with Crippen molar-refractivity contribution in [1.29, 1.82) is 0 Å². The van der Waals surface area contributed by atoms with E-state index < -0.39 is 16.1 Å². The molecular formula is C39H58BrN5O4Si2. The van der Waals surface area contributed by atoms with E-state index in [2.05, 4.69) is 60.1 Å². The largest absolute Gasteiger partial charge is 0.466 e. The van der Waals surface area contributed by atoms with Gasteiger partial charge in [0.2, 0.25) is 0 Å². The van der Waals surface area contributed by atoms with Crippen LogP contribution in [-0.2, 0) is 19.0 Å². The van der Waals surface area contributed by atoms with Crippen molar-refractivity contribution >= 4 is 49.4 Å². The lowest BCUT2D eigenvalue weighted by atomic mass is 9.79. The van der Waals surface area contributed by atoms with Crippen LogP contribution < -0.4 is 10.6 Å². The molecule has 0 saturated heterocycles. The molecule has 1 fully saturated rings. The first-order valence-corrected chi connectivity index (χ1v) is 26.6. The van der Waals surface area contributed by atoms with E-state index in [1.165, 1.54) is 0 Å². The van der Waals surface area contributed by atoms with Gasteiger partial charge in [-0.15, -0.1) is 0 Å². The van der Waals surface area contributed by atoms with Crippen molar-refractivity contribution in [3.05, 3.63) is 76.4 Å². The molecule has 0 unspecified atom stereocenters. The number of halogens is 1. The summed E-state index contributed by atoms with van der Waals surface area (Å²) in [5, 5.41) is 0. The summed E-state index contributed by atoms with van der Waals surface area (Å²) in [4.78, 5) is 29.5. The summed E-state index contributed by atoms with van der Waals surface area (Å²) in [6, 6.07) is 16.3. The van der Waals surface area contributed by atoms with Crippen molar-refractivity contribution in [2.45, 2.75) is 96.3 Å². The molecule has 3 aromatic rings. The van der Waals surface area contributed by atoms with Gasteiger partial charge >= 0.3 is 5.97 Å². The highest BCUT2D eigenvalue weighted by Crippen LogP contribution is 2.42. The Hall–Kier alpha value is -2.91. The molecule has 2 aromatic heterocycles. The van der Waals surface area contributed by atoms with Crippen molar-refractivity contribution in [2.75, 3.05) is 38.2 Å². The van der Waals surface area contributed by atoms with E-state index in [4.69, 9.17) is 34.9 Å². The minimum Gasteiger partial charge on any atom is -0.466 e. The summed E-state index contributed by atoms with van der Waals surface area (Å²) < 4.78 is 18.7. The van der Waals surface area contributed by atoms with Gasteiger partial charge in [0.1, 0.15) is 13.5 Å². The Morgan fingerprint density at radius 1 is 0.922 bits per heavy atom. The average Bonchev–Trinajstić information content (AvgIpc) is 3.09. The Morgan fingerprint density at radius 2 is 1.55 bits per heavy atom. The summed E-state index contributed by atoms with van der Waals surface area (Å²) in [5.74, 6) is 1.63. The molecule has 9 nitrogen and oxygen atoms in total. The number of carbonyl (C=O) groups excluding carboxylic acids is 1. The zero-order valence-corrected chi connectivity index (χ0v) is 35.3. The Kier molecular flexibility index (Phi) is 15.4. The normalized spacial score (nSPS) is 17.0. The summed E-state index contributed by atoms with van der Waals surface area (Å²) in [5.41, 5.74) is 10.8. The Balaban J connectivity index is 1.70. The molecule has 0 amide bonds. The molecule has 0 aliphatic heterocycles. The lowest BCUT2D eigenvalue weighted by Gasteiger charge is -2.31. The van der Waals surface area contributed by atoms with Gasteiger partial charge in [-0.3, -0.25) is 9.78 Å². The van der Waals surface area contributed by atoms with Gasteiger partial charge in [0.05, 0.1) is 22.5 Å². The van der Waals surface area contributed by atoms with Gasteiger partial charge in [0.15, 0.2) is 11.6 Å². The number of carbonyl (C=O) groups is 1. The van der Waals surface area contributed by atoms with Crippen molar-refractivity contribution in [3.8, 4) is 11.3 Å². The smallest absolute Gasteiger partial charge is 0.306 e. The second-order valence-corrected chi connectivity index (χ2v) is 27.9. The van der Waals surface area contributed by atoms with Crippen LogP contribution in [0, 0.1) is 5.92 Å². The number of benzene rings is 1. The molecule has 12 heteroatoms. The molecule has 1 aromatic carbocycles. The SMILES string of the molecule is CCOC(=O)CC1CCC(c2nc(C(=CN)c3ccc(-c4ccccc4)nc3)nc(N(COCC[Si](C)(C)C)COCC[Si](C)(C)C)c2Br)CC1. The molecule has 1 aliphatic carbocycles. The van der Waals surface area contributed by atoms with Gasteiger partial charge in [-0.25, -0.2) is 9.97 Å². The number of nitrogens with two attached hydrogens (primary N) is 1.